The normalized spacial score (nSPS) is 11.6. The fraction of sp³-hybridized carbons (Fsp3) is 0.538. The van der Waals surface area contributed by atoms with Crippen LogP contribution in [0.15, 0.2) is 16.9 Å². The van der Waals surface area contributed by atoms with Crippen molar-refractivity contribution in [2.24, 2.45) is 0 Å². The van der Waals surface area contributed by atoms with Gasteiger partial charge in [-0.3, -0.25) is 4.79 Å². The molecule has 0 aliphatic rings. The third-order valence-electron chi connectivity index (χ3n) is 2.71. The molecule has 108 valence electrons. The number of nitrogens with one attached hydrogen (secondary N) is 1. The molecule has 20 heavy (non-hydrogen) atoms. The van der Waals surface area contributed by atoms with Crippen molar-refractivity contribution in [1.82, 2.24) is 25.1 Å². The van der Waals surface area contributed by atoms with E-state index in [1.165, 1.54) is 0 Å². The summed E-state index contributed by atoms with van der Waals surface area (Å²) >= 11 is 0. The Balaban J connectivity index is 1.96. The molecular formula is C13H19N5O2. The number of amides is 1. The van der Waals surface area contributed by atoms with Gasteiger partial charge in [-0.1, -0.05) is 6.92 Å². The monoisotopic (exact) mass is 277 g/mol. The van der Waals surface area contributed by atoms with Crippen molar-refractivity contribution >= 4 is 5.91 Å². The number of aromatic nitrogens is 4. The Morgan fingerprint density at radius 1 is 1.40 bits per heavy atom. The van der Waals surface area contributed by atoms with Gasteiger partial charge in [-0.25, -0.2) is 14.6 Å². The first-order valence-corrected chi connectivity index (χ1v) is 6.54. The number of carbonyl (C=O) groups excluding carboxylic acids is 1. The molecule has 7 nitrogen and oxygen atoms in total. The van der Waals surface area contributed by atoms with Gasteiger partial charge in [0.25, 0.3) is 5.91 Å². The van der Waals surface area contributed by atoms with Gasteiger partial charge in [-0.2, -0.15) is 0 Å². The molecule has 0 radical (unpaired) electrons. The van der Waals surface area contributed by atoms with Crippen LogP contribution in [0.1, 0.15) is 50.0 Å². The summed E-state index contributed by atoms with van der Waals surface area (Å²) in [5.74, 6) is 1.09. The third kappa shape index (κ3) is 3.23. The Kier molecular flexibility index (Phi) is 3.87. The number of rotatable bonds is 4. The lowest BCUT2D eigenvalue weighted by Crippen LogP contribution is -2.26. The van der Waals surface area contributed by atoms with E-state index in [2.05, 4.69) is 20.4 Å². The van der Waals surface area contributed by atoms with E-state index in [9.17, 15) is 4.79 Å². The molecule has 0 aliphatic carbocycles. The van der Waals surface area contributed by atoms with Crippen LogP contribution in [0.5, 0.6) is 0 Å². The zero-order valence-corrected chi connectivity index (χ0v) is 12.2. The first-order chi connectivity index (χ1) is 9.40. The minimum absolute atomic E-state index is 0.148. The smallest absolute Gasteiger partial charge is 0.291 e. The predicted octanol–water partition coefficient (Wildman–Crippen LogP) is 1.51. The van der Waals surface area contributed by atoms with E-state index in [4.69, 9.17) is 4.42 Å². The van der Waals surface area contributed by atoms with E-state index in [-0.39, 0.29) is 23.8 Å². The number of hydrogen-bond donors (Lipinski definition) is 1. The van der Waals surface area contributed by atoms with Crippen LogP contribution in [0.25, 0.3) is 0 Å². The molecule has 2 aromatic heterocycles. The molecule has 0 bridgehead atoms. The molecule has 0 saturated carbocycles. The van der Waals surface area contributed by atoms with E-state index in [0.29, 0.717) is 11.7 Å². The van der Waals surface area contributed by atoms with E-state index >= 15 is 0 Å². The molecular weight excluding hydrogens is 258 g/mol. The minimum Gasteiger partial charge on any atom is -0.444 e. The van der Waals surface area contributed by atoms with Crippen LogP contribution in [0.4, 0.5) is 0 Å². The van der Waals surface area contributed by atoms with E-state index in [0.717, 1.165) is 6.42 Å². The SMILES string of the molecule is CCc1ncc(CNC(=O)c2ncn(C(C)(C)C)n2)o1. The van der Waals surface area contributed by atoms with Gasteiger partial charge >= 0.3 is 0 Å². The summed E-state index contributed by atoms with van der Waals surface area (Å²) in [5, 5.41) is 6.87. The topological polar surface area (TPSA) is 85.8 Å². The van der Waals surface area contributed by atoms with Crippen LogP contribution in [0.2, 0.25) is 0 Å². The maximum absolute atomic E-state index is 11.9. The Morgan fingerprint density at radius 3 is 2.70 bits per heavy atom. The lowest BCUT2D eigenvalue weighted by molar-refractivity contribution is 0.0936. The van der Waals surface area contributed by atoms with Gasteiger partial charge < -0.3 is 9.73 Å². The molecule has 0 aliphatic heterocycles. The fourth-order valence-electron chi connectivity index (χ4n) is 1.53. The van der Waals surface area contributed by atoms with Crippen molar-refractivity contribution < 1.29 is 9.21 Å². The molecule has 1 amide bonds. The van der Waals surface area contributed by atoms with Crippen molar-refractivity contribution in [3.63, 3.8) is 0 Å². The Labute approximate surface area is 117 Å². The van der Waals surface area contributed by atoms with Gasteiger partial charge in [0.2, 0.25) is 5.82 Å². The third-order valence-corrected chi connectivity index (χ3v) is 2.71. The number of carbonyl (C=O) groups is 1. The van der Waals surface area contributed by atoms with Crippen molar-refractivity contribution in [1.29, 1.82) is 0 Å². The van der Waals surface area contributed by atoms with Gasteiger partial charge in [0.15, 0.2) is 5.89 Å². The number of oxazole rings is 1. The fourth-order valence-corrected chi connectivity index (χ4v) is 1.53. The van der Waals surface area contributed by atoms with Gasteiger partial charge in [0, 0.05) is 6.42 Å². The standard InChI is InChI=1S/C13H19N5O2/c1-5-10-14-6-9(20-10)7-15-12(19)11-16-8-18(17-11)13(2,3)4/h6,8H,5,7H2,1-4H3,(H,15,19). The number of hydrogen-bond acceptors (Lipinski definition) is 5. The highest BCUT2D eigenvalue weighted by atomic mass is 16.4. The quantitative estimate of drug-likeness (QED) is 0.915. The van der Waals surface area contributed by atoms with Crippen molar-refractivity contribution in [2.75, 3.05) is 0 Å². The molecule has 2 aromatic rings. The highest BCUT2D eigenvalue weighted by Crippen LogP contribution is 2.11. The van der Waals surface area contributed by atoms with Crippen LogP contribution >= 0.6 is 0 Å². The van der Waals surface area contributed by atoms with Crippen LogP contribution in [0, 0.1) is 0 Å². The van der Waals surface area contributed by atoms with Crippen LogP contribution in [-0.4, -0.2) is 25.7 Å². The average molecular weight is 277 g/mol. The maximum Gasteiger partial charge on any atom is 0.291 e. The summed E-state index contributed by atoms with van der Waals surface area (Å²) < 4.78 is 7.06. The first-order valence-electron chi connectivity index (χ1n) is 6.54. The molecule has 0 fully saturated rings. The molecule has 2 rings (SSSR count). The van der Waals surface area contributed by atoms with Crippen LogP contribution in [-0.2, 0) is 18.5 Å². The summed E-state index contributed by atoms with van der Waals surface area (Å²) in [6, 6.07) is 0. The molecule has 7 heteroatoms. The molecule has 2 heterocycles. The Morgan fingerprint density at radius 2 is 2.15 bits per heavy atom. The van der Waals surface area contributed by atoms with Crippen molar-refractivity contribution in [2.45, 2.75) is 46.2 Å². The Hall–Kier alpha value is -2.18. The predicted molar refractivity (Wildman–Crippen MR) is 72.1 cm³/mol. The molecule has 0 spiro atoms. The second-order valence-electron chi connectivity index (χ2n) is 5.44. The lowest BCUT2D eigenvalue weighted by atomic mass is 10.1. The van der Waals surface area contributed by atoms with E-state index < -0.39 is 0 Å². The summed E-state index contributed by atoms with van der Waals surface area (Å²) in [4.78, 5) is 20.0. The summed E-state index contributed by atoms with van der Waals surface area (Å²) in [6.45, 7) is 8.20. The largest absolute Gasteiger partial charge is 0.444 e. The average Bonchev–Trinajstić information content (AvgIpc) is 3.04. The van der Waals surface area contributed by atoms with E-state index in [1.807, 2.05) is 27.7 Å². The van der Waals surface area contributed by atoms with Gasteiger partial charge in [-0.15, -0.1) is 5.10 Å². The van der Waals surface area contributed by atoms with Crippen LogP contribution < -0.4 is 5.32 Å². The molecule has 0 saturated heterocycles. The second-order valence-corrected chi connectivity index (χ2v) is 5.44. The summed E-state index contributed by atoms with van der Waals surface area (Å²) in [6.07, 6.45) is 3.89. The number of aryl methyl sites for hydroxylation is 1. The minimum atomic E-state index is -0.331. The maximum atomic E-state index is 11.9. The summed E-state index contributed by atoms with van der Waals surface area (Å²) in [7, 11) is 0. The van der Waals surface area contributed by atoms with E-state index in [1.54, 1.807) is 17.2 Å². The highest BCUT2D eigenvalue weighted by Gasteiger charge is 2.18. The van der Waals surface area contributed by atoms with Gasteiger partial charge in [0.05, 0.1) is 18.3 Å². The van der Waals surface area contributed by atoms with Gasteiger partial charge in [0.1, 0.15) is 12.1 Å². The molecule has 0 unspecified atom stereocenters. The van der Waals surface area contributed by atoms with Gasteiger partial charge in [-0.05, 0) is 20.8 Å². The highest BCUT2D eigenvalue weighted by molar-refractivity contribution is 5.90. The zero-order valence-electron chi connectivity index (χ0n) is 12.2. The number of nitrogens with zero attached hydrogens (tertiary/aromatic N) is 4. The van der Waals surface area contributed by atoms with Crippen molar-refractivity contribution in [3.8, 4) is 0 Å². The second kappa shape index (κ2) is 5.44. The van der Waals surface area contributed by atoms with Crippen LogP contribution in [0.3, 0.4) is 0 Å². The molecule has 0 atom stereocenters. The van der Waals surface area contributed by atoms with Crippen molar-refractivity contribution in [3.05, 3.63) is 30.0 Å². The summed E-state index contributed by atoms with van der Waals surface area (Å²) in [5.41, 5.74) is -0.202. The lowest BCUT2D eigenvalue weighted by Gasteiger charge is -2.17. The Bertz CT molecular complexity index is 594. The first kappa shape index (κ1) is 14.2. The zero-order chi connectivity index (χ0) is 14.8. The molecule has 1 N–H and O–H groups in total. The molecule has 0 aromatic carbocycles.